The van der Waals surface area contributed by atoms with Crippen molar-refractivity contribution < 1.29 is 14.3 Å². The van der Waals surface area contributed by atoms with Crippen LogP contribution in [-0.4, -0.2) is 25.2 Å². The minimum Gasteiger partial charge on any atom is -0.490 e. The van der Waals surface area contributed by atoms with Crippen molar-refractivity contribution in [3.05, 3.63) is 18.2 Å². The van der Waals surface area contributed by atoms with Crippen LogP contribution in [0.25, 0.3) is 0 Å². The number of benzene rings is 1. The predicted molar refractivity (Wildman–Crippen MR) is 64.3 cm³/mol. The Morgan fingerprint density at radius 3 is 2.76 bits per heavy atom. The van der Waals surface area contributed by atoms with Crippen LogP contribution in [0.5, 0.6) is 11.5 Å². The Morgan fingerprint density at radius 1 is 1.35 bits per heavy atom. The zero-order valence-electron chi connectivity index (χ0n) is 9.73. The first-order valence-corrected chi connectivity index (χ1v) is 5.62. The van der Waals surface area contributed by atoms with Gasteiger partial charge < -0.3 is 20.5 Å². The molecule has 0 spiro atoms. The maximum Gasteiger partial charge on any atom is 0.239 e. The monoisotopic (exact) mass is 236 g/mol. The van der Waals surface area contributed by atoms with E-state index in [0.717, 1.165) is 17.9 Å². The van der Waals surface area contributed by atoms with Crippen molar-refractivity contribution >= 4 is 11.6 Å². The van der Waals surface area contributed by atoms with E-state index in [4.69, 9.17) is 15.2 Å². The summed E-state index contributed by atoms with van der Waals surface area (Å²) < 4.78 is 11.1. The molecular weight excluding hydrogens is 220 g/mol. The molecule has 1 aromatic carbocycles. The van der Waals surface area contributed by atoms with Crippen LogP contribution in [0.2, 0.25) is 0 Å². The number of carbonyl (C=O) groups excluding carboxylic acids is 1. The third kappa shape index (κ3) is 2.81. The van der Waals surface area contributed by atoms with Crippen molar-refractivity contribution in [2.45, 2.75) is 19.4 Å². The maximum absolute atomic E-state index is 11.0. The van der Waals surface area contributed by atoms with E-state index in [1.807, 2.05) is 18.2 Å². The number of anilines is 1. The van der Waals surface area contributed by atoms with Crippen LogP contribution in [0, 0.1) is 0 Å². The van der Waals surface area contributed by atoms with Crippen LogP contribution in [-0.2, 0) is 4.79 Å². The highest BCUT2D eigenvalue weighted by Crippen LogP contribution is 2.32. The molecule has 1 amide bonds. The topological polar surface area (TPSA) is 73.6 Å². The zero-order valence-corrected chi connectivity index (χ0v) is 9.73. The third-order valence-corrected chi connectivity index (χ3v) is 2.56. The highest BCUT2D eigenvalue weighted by atomic mass is 16.5. The molecule has 1 aliphatic rings. The van der Waals surface area contributed by atoms with Gasteiger partial charge >= 0.3 is 0 Å². The zero-order chi connectivity index (χ0) is 12.3. The summed E-state index contributed by atoms with van der Waals surface area (Å²) in [5, 5.41) is 3.00. The van der Waals surface area contributed by atoms with Gasteiger partial charge in [-0.3, -0.25) is 4.79 Å². The lowest BCUT2D eigenvalue weighted by Gasteiger charge is -2.14. The number of nitrogens with one attached hydrogen (secondary N) is 1. The van der Waals surface area contributed by atoms with Crippen LogP contribution in [0.4, 0.5) is 5.69 Å². The lowest BCUT2D eigenvalue weighted by Crippen LogP contribution is -2.32. The summed E-state index contributed by atoms with van der Waals surface area (Å²) in [7, 11) is 0. The SMILES string of the molecule is CC(Nc1ccc2c(c1)OCCCO2)C(N)=O. The average molecular weight is 236 g/mol. The van der Waals surface area contributed by atoms with Gasteiger partial charge in [-0.25, -0.2) is 0 Å². The van der Waals surface area contributed by atoms with Crippen molar-refractivity contribution in [1.82, 2.24) is 0 Å². The van der Waals surface area contributed by atoms with Gasteiger partial charge in [-0.1, -0.05) is 0 Å². The lowest BCUT2D eigenvalue weighted by molar-refractivity contribution is -0.118. The van der Waals surface area contributed by atoms with Gasteiger partial charge in [0, 0.05) is 18.2 Å². The van der Waals surface area contributed by atoms with E-state index < -0.39 is 11.9 Å². The molecular formula is C12H16N2O3. The smallest absolute Gasteiger partial charge is 0.239 e. The molecule has 17 heavy (non-hydrogen) atoms. The van der Waals surface area contributed by atoms with E-state index >= 15 is 0 Å². The summed E-state index contributed by atoms with van der Waals surface area (Å²) >= 11 is 0. The Hall–Kier alpha value is -1.91. The van der Waals surface area contributed by atoms with Gasteiger partial charge in [0.1, 0.15) is 6.04 Å². The Bertz CT molecular complexity index is 420. The van der Waals surface area contributed by atoms with E-state index in [-0.39, 0.29) is 0 Å². The minimum atomic E-state index is -0.417. The van der Waals surface area contributed by atoms with Gasteiger partial charge in [-0.05, 0) is 19.1 Å². The molecule has 2 rings (SSSR count). The molecule has 5 heteroatoms. The first-order valence-electron chi connectivity index (χ1n) is 5.62. The molecule has 0 saturated carbocycles. The molecule has 0 aliphatic carbocycles. The van der Waals surface area contributed by atoms with Crippen molar-refractivity contribution in [2.24, 2.45) is 5.73 Å². The molecule has 0 saturated heterocycles. The van der Waals surface area contributed by atoms with E-state index in [9.17, 15) is 4.79 Å². The summed E-state index contributed by atoms with van der Waals surface area (Å²) in [5.74, 6) is 1.04. The molecule has 5 nitrogen and oxygen atoms in total. The number of hydrogen-bond donors (Lipinski definition) is 2. The van der Waals surface area contributed by atoms with Crippen molar-refractivity contribution in [2.75, 3.05) is 18.5 Å². The molecule has 92 valence electrons. The summed E-state index contributed by atoms with van der Waals surface area (Å²) in [5.41, 5.74) is 5.98. The van der Waals surface area contributed by atoms with Gasteiger partial charge in [0.15, 0.2) is 11.5 Å². The Kier molecular flexibility index (Phi) is 3.37. The van der Waals surface area contributed by atoms with Crippen LogP contribution in [0.15, 0.2) is 18.2 Å². The molecule has 1 atom stereocenters. The number of rotatable bonds is 3. The second kappa shape index (κ2) is 4.95. The molecule has 0 radical (unpaired) electrons. The summed E-state index contributed by atoms with van der Waals surface area (Å²) in [6.45, 7) is 3.02. The normalized spacial score (nSPS) is 15.8. The van der Waals surface area contributed by atoms with E-state index in [1.165, 1.54) is 0 Å². The second-order valence-corrected chi connectivity index (χ2v) is 3.98. The standard InChI is InChI=1S/C12H16N2O3/c1-8(12(13)15)14-9-3-4-10-11(7-9)17-6-2-5-16-10/h3-4,7-8,14H,2,5-6H2,1H3,(H2,13,15). The quantitative estimate of drug-likeness (QED) is 0.825. The van der Waals surface area contributed by atoms with Crippen molar-refractivity contribution in [1.29, 1.82) is 0 Å². The number of ether oxygens (including phenoxy) is 2. The molecule has 1 unspecified atom stereocenters. The first-order chi connectivity index (χ1) is 8.16. The van der Waals surface area contributed by atoms with Crippen LogP contribution in [0.1, 0.15) is 13.3 Å². The number of fused-ring (bicyclic) bond motifs is 1. The Morgan fingerprint density at radius 2 is 2.06 bits per heavy atom. The van der Waals surface area contributed by atoms with Crippen LogP contribution < -0.4 is 20.5 Å². The summed E-state index contributed by atoms with van der Waals surface area (Å²) in [4.78, 5) is 11.0. The first kappa shape index (κ1) is 11.6. The van der Waals surface area contributed by atoms with E-state index in [0.29, 0.717) is 19.0 Å². The molecule has 0 fully saturated rings. The summed E-state index contributed by atoms with van der Waals surface area (Å²) in [6.07, 6.45) is 0.870. The number of primary amides is 1. The maximum atomic E-state index is 11.0. The van der Waals surface area contributed by atoms with Gasteiger partial charge in [0.05, 0.1) is 13.2 Å². The Balaban J connectivity index is 2.15. The van der Waals surface area contributed by atoms with E-state index in [2.05, 4.69) is 5.32 Å². The largest absolute Gasteiger partial charge is 0.490 e. The van der Waals surface area contributed by atoms with Crippen LogP contribution in [0.3, 0.4) is 0 Å². The molecule has 1 heterocycles. The fourth-order valence-electron chi connectivity index (χ4n) is 1.57. The van der Waals surface area contributed by atoms with E-state index in [1.54, 1.807) is 6.92 Å². The molecule has 3 N–H and O–H groups in total. The molecule has 0 aromatic heterocycles. The summed E-state index contributed by atoms with van der Waals surface area (Å²) in [6, 6.07) is 5.07. The van der Waals surface area contributed by atoms with Crippen molar-refractivity contribution in [3.8, 4) is 11.5 Å². The highest BCUT2D eigenvalue weighted by Gasteiger charge is 2.13. The van der Waals surface area contributed by atoms with Gasteiger partial charge in [-0.15, -0.1) is 0 Å². The van der Waals surface area contributed by atoms with Crippen molar-refractivity contribution in [3.63, 3.8) is 0 Å². The molecule has 1 aliphatic heterocycles. The number of amides is 1. The predicted octanol–water partition coefficient (Wildman–Crippen LogP) is 1.13. The molecule has 0 bridgehead atoms. The van der Waals surface area contributed by atoms with Gasteiger partial charge in [0.25, 0.3) is 0 Å². The van der Waals surface area contributed by atoms with Gasteiger partial charge in [-0.2, -0.15) is 0 Å². The lowest BCUT2D eigenvalue weighted by atomic mass is 10.2. The number of hydrogen-bond acceptors (Lipinski definition) is 4. The number of nitrogens with two attached hydrogens (primary N) is 1. The number of carbonyl (C=O) groups is 1. The fraction of sp³-hybridized carbons (Fsp3) is 0.417. The van der Waals surface area contributed by atoms with Crippen LogP contribution >= 0.6 is 0 Å². The second-order valence-electron chi connectivity index (χ2n) is 3.98. The fourth-order valence-corrected chi connectivity index (χ4v) is 1.57. The van der Waals surface area contributed by atoms with Gasteiger partial charge in [0.2, 0.25) is 5.91 Å². The minimum absolute atomic E-state index is 0.392. The highest BCUT2D eigenvalue weighted by molar-refractivity contribution is 5.82. The average Bonchev–Trinajstić information content (AvgIpc) is 2.53. The third-order valence-electron chi connectivity index (χ3n) is 2.56. The molecule has 1 aromatic rings. The Labute approximate surface area is 99.9 Å².